The molecule has 1 rings (SSSR count). The smallest absolute Gasteiger partial charge is 0.270 e. The number of halogens is 1. The summed E-state index contributed by atoms with van der Waals surface area (Å²) in [4.78, 5) is 10.7. The van der Waals surface area contributed by atoms with Crippen molar-refractivity contribution < 1.29 is 9.11 Å². The maximum Gasteiger partial charge on any atom is 0.270 e. The number of non-ortho nitro benzene ring substituents is 1. The lowest BCUT2D eigenvalue weighted by atomic mass is 10.3. The van der Waals surface area contributed by atoms with Crippen molar-refractivity contribution in [3.05, 3.63) is 33.3 Å². The average molecular weight is 262 g/mol. The molecule has 0 amide bonds. The van der Waals surface area contributed by atoms with Gasteiger partial charge in [0.25, 0.3) is 5.69 Å². The third kappa shape index (κ3) is 4.00. The molecule has 6 heteroatoms. The second-order valence-corrected chi connectivity index (χ2v) is 4.38. The first-order valence-electron chi connectivity index (χ1n) is 4.88. The molecular formula is C10H12ClNO3S. The zero-order valence-corrected chi connectivity index (χ0v) is 10.4. The van der Waals surface area contributed by atoms with Gasteiger partial charge in [-0.3, -0.25) is 10.1 Å². The lowest BCUT2D eigenvalue weighted by molar-refractivity contribution is -0.384. The molecule has 0 aliphatic carbocycles. The topological polar surface area (TPSA) is 52.4 Å². The third-order valence-electron chi connectivity index (χ3n) is 1.86. The normalized spacial score (nSPS) is 10.4. The van der Waals surface area contributed by atoms with Gasteiger partial charge in [-0.05, 0) is 12.5 Å². The van der Waals surface area contributed by atoms with Crippen molar-refractivity contribution in [2.24, 2.45) is 0 Å². The molecule has 0 spiro atoms. The summed E-state index contributed by atoms with van der Waals surface area (Å²) in [5, 5.41) is 10.8. The van der Waals surface area contributed by atoms with Gasteiger partial charge in [-0.2, -0.15) is 0 Å². The SMILES string of the molecule is CCCCOSc1ccc([N+](=O)[O-])cc1Cl. The molecule has 0 saturated heterocycles. The van der Waals surface area contributed by atoms with Gasteiger partial charge in [0, 0.05) is 24.2 Å². The van der Waals surface area contributed by atoms with Gasteiger partial charge in [-0.25, -0.2) is 0 Å². The van der Waals surface area contributed by atoms with E-state index in [9.17, 15) is 10.1 Å². The number of nitrogens with zero attached hydrogens (tertiary/aromatic N) is 1. The van der Waals surface area contributed by atoms with Crippen molar-refractivity contribution in [3.63, 3.8) is 0 Å². The highest BCUT2D eigenvalue weighted by molar-refractivity contribution is 7.94. The van der Waals surface area contributed by atoms with E-state index in [4.69, 9.17) is 15.8 Å². The minimum atomic E-state index is -0.474. The summed E-state index contributed by atoms with van der Waals surface area (Å²) >= 11 is 7.03. The Balaban J connectivity index is 2.57. The minimum Gasteiger partial charge on any atom is -0.310 e. The van der Waals surface area contributed by atoms with Crippen LogP contribution in [0.25, 0.3) is 0 Å². The van der Waals surface area contributed by atoms with Crippen LogP contribution in [0, 0.1) is 10.1 Å². The molecule has 0 N–H and O–H groups in total. The minimum absolute atomic E-state index is 0.0112. The van der Waals surface area contributed by atoms with Crippen LogP contribution in [-0.2, 0) is 4.18 Å². The van der Waals surface area contributed by atoms with E-state index in [1.807, 2.05) is 0 Å². The predicted octanol–water partition coefficient (Wildman–Crippen LogP) is 4.07. The lowest BCUT2D eigenvalue weighted by Gasteiger charge is -2.03. The van der Waals surface area contributed by atoms with Gasteiger partial charge in [0.1, 0.15) is 0 Å². The summed E-state index contributed by atoms with van der Waals surface area (Å²) in [6.45, 7) is 2.72. The molecule has 0 heterocycles. The Morgan fingerprint density at radius 2 is 2.31 bits per heavy atom. The van der Waals surface area contributed by atoms with E-state index in [-0.39, 0.29) is 5.69 Å². The van der Waals surface area contributed by atoms with Crippen molar-refractivity contribution in [1.82, 2.24) is 0 Å². The molecule has 1 aromatic carbocycles. The molecular weight excluding hydrogens is 250 g/mol. The Bertz CT molecular complexity index is 373. The van der Waals surface area contributed by atoms with E-state index in [1.54, 1.807) is 6.07 Å². The summed E-state index contributed by atoms with van der Waals surface area (Å²) in [6.07, 6.45) is 2.05. The molecule has 0 saturated carbocycles. The molecule has 0 aliphatic heterocycles. The molecule has 0 aromatic heterocycles. The van der Waals surface area contributed by atoms with Crippen molar-refractivity contribution >= 4 is 29.3 Å². The number of nitro groups is 1. The Morgan fingerprint density at radius 3 is 2.88 bits per heavy atom. The molecule has 88 valence electrons. The summed E-state index contributed by atoms with van der Waals surface area (Å²) < 4.78 is 5.30. The fourth-order valence-corrected chi connectivity index (χ4v) is 1.84. The van der Waals surface area contributed by atoms with Crippen molar-refractivity contribution in [1.29, 1.82) is 0 Å². The first-order valence-corrected chi connectivity index (χ1v) is 6.00. The Labute approximate surface area is 103 Å². The summed E-state index contributed by atoms with van der Waals surface area (Å²) in [5.41, 5.74) is -0.0112. The first kappa shape index (κ1) is 13.3. The highest BCUT2D eigenvalue weighted by Gasteiger charge is 2.09. The molecule has 1 aromatic rings. The van der Waals surface area contributed by atoms with Crippen LogP contribution < -0.4 is 0 Å². The van der Waals surface area contributed by atoms with Gasteiger partial charge in [0.15, 0.2) is 0 Å². The number of benzene rings is 1. The van der Waals surface area contributed by atoms with Gasteiger partial charge >= 0.3 is 0 Å². The summed E-state index contributed by atoms with van der Waals surface area (Å²) in [6, 6.07) is 4.33. The Kier molecular flexibility index (Phi) is 5.59. The van der Waals surface area contributed by atoms with E-state index in [0.29, 0.717) is 16.5 Å². The molecule has 0 unspecified atom stereocenters. The maximum absolute atomic E-state index is 10.5. The van der Waals surface area contributed by atoms with Gasteiger partial charge in [-0.15, -0.1) is 0 Å². The van der Waals surface area contributed by atoms with Crippen LogP contribution in [-0.4, -0.2) is 11.5 Å². The van der Waals surface area contributed by atoms with Crippen molar-refractivity contribution in [3.8, 4) is 0 Å². The highest BCUT2D eigenvalue weighted by Crippen LogP contribution is 2.30. The molecule has 0 atom stereocenters. The summed E-state index contributed by atoms with van der Waals surface area (Å²) in [7, 11) is 0. The number of hydrogen-bond donors (Lipinski definition) is 0. The van der Waals surface area contributed by atoms with E-state index in [1.165, 1.54) is 12.1 Å². The van der Waals surface area contributed by atoms with Crippen LogP contribution in [0.2, 0.25) is 5.02 Å². The molecule has 16 heavy (non-hydrogen) atoms. The van der Waals surface area contributed by atoms with E-state index in [2.05, 4.69) is 6.92 Å². The fourth-order valence-electron chi connectivity index (χ4n) is 0.979. The Hall–Kier alpha value is -0.780. The molecule has 0 aliphatic rings. The number of rotatable bonds is 6. The van der Waals surface area contributed by atoms with Crippen LogP contribution in [0.4, 0.5) is 5.69 Å². The third-order valence-corrected chi connectivity index (χ3v) is 3.10. The van der Waals surface area contributed by atoms with Gasteiger partial charge in [0.2, 0.25) is 0 Å². The molecule has 0 fully saturated rings. The number of hydrogen-bond acceptors (Lipinski definition) is 4. The number of unbranched alkanes of at least 4 members (excludes halogenated alkanes) is 1. The first-order chi connectivity index (χ1) is 7.65. The molecule has 0 radical (unpaired) electrons. The zero-order valence-electron chi connectivity index (χ0n) is 8.81. The fraction of sp³-hybridized carbons (Fsp3) is 0.400. The second-order valence-electron chi connectivity index (χ2n) is 3.13. The average Bonchev–Trinajstić information content (AvgIpc) is 2.26. The maximum atomic E-state index is 10.5. The predicted molar refractivity (Wildman–Crippen MR) is 64.8 cm³/mol. The van der Waals surface area contributed by atoms with Crippen LogP contribution in [0.3, 0.4) is 0 Å². The van der Waals surface area contributed by atoms with Gasteiger partial charge < -0.3 is 4.18 Å². The van der Waals surface area contributed by atoms with E-state index >= 15 is 0 Å². The molecule has 4 nitrogen and oxygen atoms in total. The largest absolute Gasteiger partial charge is 0.310 e. The van der Waals surface area contributed by atoms with Gasteiger partial charge in [0.05, 0.1) is 21.4 Å². The van der Waals surface area contributed by atoms with Gasteiger partial charge in [-0.1, -0.05) is 24.9 Å². The van der Waals surface area contributed by atoms with Crippen LogP contribution in [0.5, 0.6) is 0 Å². The molecule has 0 bridgehead atoms. The van der Waals surface area contributed by atoms with E-state index in [0.717, 1.165) is 24.9 Å². The van der Waals surface area contributed by atoms with Crippen molar-refractivity contribution in [2.75, 3.05) is 6.61 Å². The van der Waals surface area contributed by atoms with Crippen LogP contribution in [0.15, 0.2) is 23.1 Å². The standard InChI is InChI=1S/C10H12ClNO3S/c1-2-3-6-15-16-10-5-4-8(12(13)14)7-9(10)11/h4-5,7H,2-3,6H2,1H3. The monoisotopic (exact) mass is 261 g/mol. The number of nitro benzene ring substituents is 1. The quantitative estimate of drug-likeness (QED) is 0.335. The lowest BCUT2D eigenvalue weighted by Crippen LogP contribution is -1.89. The van der Waals surface area contributed by atoms with E-state index < -0.39 is 4.92 Å². The zero-order chi connectivity index (χ0) is 12.0. The highest BCUT2D eigenvalue weighted by atomic mass is 35.5. The summed E-state index contributed by atoms with van der Waals surface area (Å²) in [5.74, 6) is 0. The second kappa shape index (κ2) is 6.73. The van der Waals surface area contributed by atoms with Crippen LogP contribution >= 0.6 is 23.6 Å². The Morgan fingerprint density at radius 1 is 1.56 bits per heavy atom. The van der Waals surface area contributed by atoms with Crippen LogP contribution in [0.1, 0.15) is 19.8 Å². The van der Waals surface area contributed by atoms with Crippen molar-refractivity contribution in [2.45, 2.75) is 24.7 Å².